The van der Waals surface area contributed by atoms with Gasteiger partial charge in [0, 0.05) is 5.56 Å². The maximum absolute atomic E-state index is 14.4. The third-order valence-corrected chi connectivity index (χ3v) is 3.93. The van der Waals surface area contributed by atoms with Gasteiger partial charge >= 0.3 is 6.18 Å². The van der Waals surface area contributed by atoms with E-state index in [1.807, 2.05) is 13.0 Å². The SMILES string of the molecule is Cc1c(C(F)(F)F)nn(-c2ccccc2C(C)CC(C)(C)C)c1F. The van der Waals surface area contributed by atoms with Crippen LogP contribution in [0.3, 0.4) is 0 Å². The first-order valence-corrected chi connectivity index (χ1v) is 7.83. The van der Waals surface area contributed by atoms with Crippen LogP contribution in [0.4, 0.5) is 17.6 Å². The van der Waals surface area contributed by atoms with Crippen LogP contribution in [-0.2, 0) is 6.18 Å². The Balaban J connectivity index is 2.55. The maximum Gasteiger partial charge on any atom is 0.435 e. The Morgan fingerprint density at radius 2 is 1.71 bits per heavy atom. The van der Waals surface area contributed by atoms with Crippen LogP contribution in [0.15, 0.2) is 24.3 Å². The van der Waals surface area contributed by atoms with Crippen LogP contribution >= 0.6 is 0 Å². The minimum atomic E-state index is -4.68. The highest BCUT2D eigenvalue weighted by atomic mass is 19.4. The summed E-state index contributed by atoms with van der Waals surface area (Å²) >= 11 is 0. The molecule has 0 N–H and O–H groups in total. The standard InChI is InChI=1S/C18H22F4N2/c1-11(10-17(3,4)5)13-8-6-7-9-14(13)24-16(19)12(2)15(23-24)18(20,21)22/h6-9,11H,10H2,1-5H3. The zero-order valence-electron chi connectivity index (χ0n) is 14.5. The molecule has 0 aliphatic rings. The van der Waals surface area contributed by atoms with Gasteiger partial charge in [0.05, 0.1) is 5.69 Å². The molecular weight excluding hydrogens is 320 g/mol. The number of hydrogen-bond donors (Lipinski definition) is 0. The van der Waals surface area contributed by atoms with E-state index in [4.69, 9.17) is 0 Å². The van der Waals surface area contributed by atoms with Gasteiger partial charge in [0.25, 0.3) is 0 Å². The van der Waals surface area contributed by atoms with Gasteiger partial charge in [-0.2, -0.15) is 22.7 Å². The predicted molar refractivity (Wildman–Crippen MR) is 85.7 cm³/mol. The molecule has 0 bridgehead atoms. The molecule has 0 radical (unpaired) electrons. The lowest BCUT2D eigenvalue weighted by Gasteiger charge is -2.25. The summed E-state index contributed by atoms with van der Waals surface area (Å²) in [6.45, 7) is 9.36. The molecule has 1 aromatic carbocycles. The molecule has 132 valence electrons. The van der Waals surface area contributed by atoms with Crippen LogP contribution in [0.1, 0.15) is 56.9 Å². The van der Waals surface area contributed by atoms with Crippen molar-refractivity contribution in [1.82, 2.24) is 9.78 Å². The predicted octanol–water partition coefficient (Wildman–Crippen LogP) is 5.88. The van der Waals surface area contributed by atoms with Crippen LogP contribution < -0.4 is 0 Å². The van der Waals surface area contributed by atoms with Gasteiger partial charge in [-0.05, 0) is 36.3 Å². The average Bonchev–Trinajstić information content (AvgIpc) is 2.73. The number of rotatable bonds is 3. The minimum Gasteiger partial charge on any atom is -0.206 e. The molecule has 24 heavy (non-hydrogen) atoms. The summed E-state index contributed by atoms with van der Waals surface area (Å²) in [5.74, 6) is -0.919. The summed E-state index contributed by atoms with van der Waals surface area (Å²) in [6, 6.07) is 6.89. The van der Waals surface area contributed by atoms with Gasteiger partial charge in [0.1, 0.15) is 0 Å². The zero-order valence-corrected chi connectivity index (χ0v) is 14.5. The number of para-hydroxylation sites is 1. The van der Waals surface area contributed by atoms with Crippen molar-refractivity contribution in [3.05, 3.63) is 47.0 Å². The number of hydrogen-bond acceptors (Lipinski definition) is 1. The second-order valence-electron chi connectivity index (χ2n) is 7.40. The Labute approximate surface area is 139 Å². The highest BCUT2D eigenvalue weighted by Gasteiger charge is 2.38. The second-order valence-corrected chi connectivity index (χ2v) is 7.40. The van der Waals surface area contributed by atoms with Gasteiger partial charge < -0.3 is 0 Å². The molecule has 6 heteroatoms. The van der Waals surface area contributed by atoms with Gasteiger partial charge in [-0.1, -0.05) is 45.9 Å². The van der Waals surface area contributed by atoms with Crippen LogP contribution in [0.5, 0.6) is 0 Å². The third kappa shape index (κ3) is 3.79. The number of alkyl halides is 3. The average molecular weight is 342 g/mol. The molecule has 0 spiro atoms. The van der Waals surface area contributed by atoms with E-state index in [2.05, 4.69) is 25.9 Å². The number of nitrogens with zero attached hydrogens (tertiary/aromatic N) is 2. The van der Waals surface area contributed by atoms with Crippen molar-refractivity contribution in [2.75, 3.05) is 0 Å². The molecular formula is C18H22F4N2. The summed E-state index contributed by atoms with van der Waals surface area (Å²) in [6.07, 6.45) is -3.86. The Morgan fingerprint density at radius 3 is 2.21 bits per heavy atom. The van der Waals surface area contributed by atoms with Crippen molar-refractivity contribution in [1.29, 1.82) is 0 Å². The molecule has 0 aliphatic heterocycles. The van der Waals surface area contributed by atoms with Crippen LogP contribution in [0.25, 0.3) is 5.69 Å². The van der Waals surface area contributed by atoms with Gasteiger partial charge in [-0.15, -0.1) is 0 Å². The van der Waals surface area contributed by atoms with E-state index in [9.17, 15) is 17.6 Å². The highest BCUT2D eigenvalue weighted by molar-refractivity contribution is 5.44. The Kier molecular flexibility index (Phi) is 4.79. The lowest BCUT2D eigenvalue weighted by Crippen LogP contribution is -2.13. The van der Waals surface area contributed by atoms with Gasteiger partial charge in [0.15, 0.2) is 5.69 Å². The second kappa shape index (κ2) is 6.22. The van der Waals surface area contributed by atoms with E-state index >= 15 is 0 Å². The fourth-order valence-corrected chi connectivity index (χ4v) is 3.03. The normalized spacial score (nSPS) is 14.0. The fourth-order valence-electron chi connectivity index (χ4n) is 3.03. The molecule has 0 saturated carbocycles. The number of halogens is 4. The topological polar surface area (TPSA) is 17.8 Å². The first kappa shape index (κ1) is 18.5. The van der Waals surface area contributed by atoms with Crippen molar-refractivity contribution in [2.24, 2.45) is 5.41 Å². The molecule has 0 saturated heterocycles. The molecule has 1 atom stereocenters. The van der Waals surface area contributed by atoms with Crippen LogP contribution in [0, 0.1) is 18.3 Å². The molecule has 0 fully saturated rings. The minimum absolute atomic E-state index is 0.0439. The molecule has 2 aromatic rings. The lowest BCUT2D eigenvalue weighted by molar-refractivity contribution is -0.141. The van der Waals surface area contributed by atoms with E-state index < -0.39 is 23.4 Å². The summed E-state index contributed by atoms with van der Waals surface area (Å²) in [7, 11) is 0. The molecule has 2 nitrogen and oxygen atoms in total. The van der Waals surface area contributed by atoms with E-state index in [0.717, 1.165) is 23.6 Å². The van der Waals surface area contributed by atoms with E-state index in [-0.39, 0.29) is 11.3 Å². The Hall–Kier alpha value is -1.85. The van der Waals surface area contributed by atoms with Crippen LogP contribution in [0.2, 0.25) is 0 Å². The molecule has 0 aliphatic carbocycles. The molecule has 0 amide bonds. The summed E-state index contributed by atoms with van der Waals surface area (Å²) < 4.78 is 54.2. The molecule has 1 unspecified atom stereocenters. The van der Waals surface area contributed by atoms with E-state index in [0.29, 0.717) is 5.69 Å². The van der Waals surface area contributed by atoms with Crippen molar-refractivity contribution in [3.8, 4) is 5.69 Å². The monoisotopic (exact) mass is 342 g/mol. The molecule has 1 heterocycles. The number of benzene rings is 1. The summed E-state index contributed by atoms with van der Waals surface area (Å²) in [5, 5.41) is 3.51. The fraction of sp³-hybridized carbons (Fsp3) is 0.500. The summed E-state index contributed by atoms with van der Waals surface area (Å²) in [4.78, 5) is 0. The van der Waals surface area contributed by atoms with Gasteiger partial charge in [0.2, 0.25) is 5.95 Å². The largest absolute Gasteiger partial charge is 0.435 e. The van der Waals surface area contributed by atoms with Gasteiger partial charge in [-0.25, -0.2) is 4.68 Å². The molecule has 1 aromatic heterocycles. The van der Waals surface area contributed by atoms with Crippen molar-refractivity contribution >= 4 is 0 Å². The Bertz CT molecular complexity index is 724. The van der Waals surface area contributed by atoms with E-state index in [1.54, 1.807) is 18.2 Å². The first-order chi connectivity index (χ1) is 10.9. The van der Waals surface area contributed by atoms with Crippen molar-refractivity contribution < 1.29 is 17.6 Å². The van der Waals surface area contributed by atoms with E-state index in [1.165, 1.54) is 0 Å². The van der Waals surface area contributed by atoms with Crippen LogP contribution in [-0.4, -0.2) is 9.78 Å². The summed E-state index contributed by atoms with van der Waals surface area (Å²) in [5.41, 5.74) is -0.491. The van der Waals surface area contributed by atoms with Crippen molar-refractivity contribution in [2.45, 2.75) is 53.1 Å². The van der Waals surface area contributed by atoms with Crippen molar-refractivity contribution in [3.63, 3.8) is 0 Å². The zero-order chi connectivity index (χ0) is 18.3. The Morgan fingerprint density at radius 1 is 1.12 bits per heavy atom. The highest BCUT2D eigenvalue weighted by Crippen LogP contribution is 2.36. The maximum atomic E-state index is 14.4. The smallest absolute Gasteiger partial charge is 0.206 e. The quantitative estimate of drug-likeness (QED) is 0.637. The molecule has 2 rings (SSSR count). The first-order valence-electron chi connectivity index (χ1n) is 7.83. The third-order valence-electron chi connectivity index (χ3n) is 3.93. The number of aromatic nitrogens is 2. The lowest BCUT2D eigenvalue weighted by atomic mass is 9.82. The van der Waals surface area contributed by atoms with Gasteiger partial charge in [-0.3, -0.25) is 0 Å².